The van der Waals surface area contributed by atoms with Crippen LogP contribution in [0.3, 0.4) is 0 Å². The van der Waals surface area contributed by atoms with Crippen molar-refractivity contribution >= 4 is 34.6 Å². The highest BCUT2D eigenvalue weighted by atomic mass is 32.2. The topological polar surface area (TPSA) is 45.8 Å². The lowest BCUT2D eigenvalue weighted by molar-refractivity contribution is -0.121. The summed E-state index contributed by atoms with van der Waals surface area (Å²) in [6.45, 7) is 4.09. The van der Waals surface area contributed by atoms with Crippen LogP contribution in [0.2, 0.25) is 0 Å². The van der Waals surface area contributed by atoms with Gasteiger partial charge in [-0.1, -0.05) is 47.5 Å². The fourth-order valence-corrected chi connectivity index (χ4v) is 3.78. The summed E-state index contributed by atoms with van der Waals surface area (Å²) in [5.41, 5.74) is 4.22. The first-order valence-electron chi connectivity index (χ1n) is 8.99. The van der Waals surface area contributed by atoms with Crippen LogP contribution in [0.25, 0.3) is 17.4 Å². The van der Waals surface area contributed by atoms with E-state index in [9.17, 15) is 4.79 Å². The number of furan rings is 1. The lowest BCUT2D eigenvalue weighted by Crippen LogP contribution is -2.23. The number of carbonyl (C=O) groups is 1. The fraction of sp³-hybridized carbons (Fsp3) is 0.130. The van der Waals surface area contributed by atoms with E-state index >= 15 is 0 Å². The third-order valence-electron chi connectivity index (χ3n) is 4.50. The molecule has 4 rings (SSSR count). The predicted molar refractivity (Wildman–Crippen MR) is 115 cm³/mol. The number of thioether (sulfide) groups is 1. The van der Waals surface area contributed by atoms with Crippen LogP contribution in [-0.2, 0) is 4.79 Å². The molecule has 0 bridgehead atoms. The van der Waals surface area contributed by atoms with E-state index in [-0.39, 0.29) is 5.91 Å². The number of benzene rings is 2. The average molecular weight is 388 g/mol. The van der Waals surface area contributed by atoms with E-state index in [1.165, 1.54) is 22.9 Å². The molecule has 0 unspecified atom stereocenters. The van der Waals surface area contributed by atoms with Crippen LogP contribution in [0, 0.1) is 13.8 Å². The number of amidine groups is 1. The van der Waals surface area contributed by atoms with Gasteiger partial charge in [0.05, 0.1) is 10.6 Å². The summed E-state index contributed by atoms with van der Waals surface area (Å²) in [5, 5.41) is 0.658. The molecular formula is C23H20N2O2S. The van der Waals surface area contributed by atoms with Crippen LogP contribution in [0.5, 0.6) is 0 Å². The van der Waals surface area contributed by atoms with Gasteiger partial charge in [0.25, 0.3) is 5.91 Å². The summed E-state index contributed by atoms with van der Waals surface area (Å²) < 4.78 is 5.92. The maximum atomic E-state index is 12.6. The SMILES string of the molecule is Cc1ccc(N=C2S/C(=C\c3ccc(-c4ccc(C)cc4)o3)C(=O)N2C)cc1. The number of aryl methyl sites for hydroxylation is 2. The highest BCUT2D eigenvalue weighted by molar-refractivity contribution is 8.18. The molecule has 1 aromatic heterocycles. The Morgan fingerprint density at radius 2 is 1.57 bits per heavy atom. The first-order chi connectivity index (χ1) is 13.5. The van der Waals surface area contributed by atoms with E-state index in [2.05, 4.69) is 24.0 Å². The number of aliphatic imine (C=N–C) groups is 1. The molecule has 0 aliphatic carbocycles. The molecule has 0 saturated carbocycles. The van der Waals surface area contributed by atoms with Crippen molar-refractivity contribution < 1.29 is 9.21 Å². The first-order valence-corrected chi connectivity index (χ1v) is 9.81. The van der Waals surface area contributed by atoms with Gasteiger partial charge in [-0.25, -0.2) is 4.99 Å². The summed E-state index contributed by atoms with van der Waals surface area (Å²) in [4.78, 5) is 19.4. The molecule has 2 aromatic carbocycles. The van der Waals surface area contributed by atoms with Gasteiger partial charge in [0.15, 0.2) is 5.17 Å². The molecule has 1 saturated heterocycles. The first kappa shape index (κ1) is 18.3. The van der Waals surface area contributed by atoms with Gasteiger partial charge in [0, 0.05) is 18.7 Å². The zero-order valence-electron chi connectivity index (χ0n) is 16.0. The van der Waals surface area contributed by atoms with Crippen molar-refractivity contribution in [2.24, 2.45) is 4.99 Å². The summed E-state index contributed by atoms with van der Waals surface area (Å²) in [7, 11) is 1.74. The molecule has 0 N–H and O–H groups in total. The zero-order chi connectivity index (χ0) is 19.7. The monoisotopic (exact) mass is 388 g/mol. The van der Waals surface area contributed by atoms with Crippen LogP contribution in [-0.4, -0.2) is 23.0 Å². The number of amides is 1. The zero-order valence-corrected chi connectivity index (χ0v) is 16.8. The number of carbonyl (C=O) groups excluding carboxylic acids is 1. The van der Waals surface area contributed by atoms with Crippen molar-refractivity contribution in [3.8, 4) is 11.3 Å². The van der Waals surface area contributed by atoms with Crippen molar-refractivity contribution in [2.75, 3.05) is 7.05 Å². The van der Waals surface area contributed by atoms with Gasteiger partial charge in [-0.15, -0.1) is 0 Å². The Labute approximate surface area is 168 Å². The van der Waals surface area contributed by atoms with Gasteiger partial charge < -0.3 is 4.42 Å². The normalized spacial score (nSPS) is 17.1. The van der Waals surface area contributed by atoms with Gasteiger partial charge in [-0.05, 0) is 49.9 Å². The average Bonchev–Trinajstić information content (AvgIpc) is 3.25. The third kappa shape index (κ3) is 3.80. The van der Waals surface area contributed by atoms with Gasteiger partial charge in [-0.2, -0.15) is 0 Å². The van der Waals surface area contributed by atoms with Crippen LogP contribution in [0.15, 0.2) is 75.0 Å². The Morgan fingerprint density at radius 3 is 2.25 bits per heavy atom. The number of hydrogen-bond acceptors (Lipinski definition) is 4. The van der Waals surface area contributed by atoms with E-state index in [0.717, 1.165) is 17.0 Å². The van der Waals surface area contributed by atoms with E-state index in [1.807, 2.05) is 55.5 Å². The molecule has 3 aromatic rings. The Balaban J connectivity index is 1.57. The van der Waals surface area contributed by atoms with Crippen LogP contribution in [0.1, 0.15) is 16.9 Å². The molecule has 1 aliphatic rings. The molecule has 0 radical (unpaired) electrons. The van der Waals surface area contributed by atoms with E-state index in [0.29, 0.717) is 15.8 Å². The minimum absolute atomic E-state index is 0.0795. The summed E-state index contributed by atoms with van der Waals surface area (Å²) in [5.74, 6) is 1.35. The quantitative estimate of drug-likeness (QED) is 0.533. The molecule has 4 nitrogen and oxygen atoms in total. The molecule has 140 valence electrons. The third-order valence-corrected chi connectivity index (χ3v) is 5.56. The number of rotatable bonds is 3. The van der Waals surface area contributed by atoms with Crippen molar-refractivity contribution in [1.82, 2.24) is 4.90 Å². The number of hydrogen-bond donors (Lipinski definition) is 0. The lowest BCUT2D eigenvalue weighted by Gasteiger charge is -2.07. The van der Waals surface area contributed by atoms with E-state index in [4.69, 9.17) is 4.42 Å². The van der Waals surface area contributed by atoms with Crippen LogP contribution >= 0.6 is 11.8 Å². The van der Waals surface area contributed by atoms with E-state index < -0.39 is 0 Å². The van der Waals surface area contributed by atoms with Crippen molar-refractivity contribution in [3.05, 3.63) is 82.5 Å². The standard InChI is InChI=1S/C23H20N2O2S/c1-15-4-8-17(9-5-15)20-13-12-19(27-20)14-21-22(26)25(3)23(28-21)24-18-10-6-16(2)7-11-18/h4-14H,1-3H3/b21-14-,24-23?. The molecule has 2 heterocycles. The number of likely N-dealkylation sites (N-methyl/N-ethyl adjacent to an activating group) is 1. The Morgan fingerprint density at radius 1 is 0.929 bits per heavy atom. The van der Waals surface area contributed by atoms with Crippen molar-refractivity contribution in [2.45, 2.75) is 13.8 Å². The molecule has 0 spiro atoms. The van der Waals surface area contributed by atoms with Gasteiger partial charge in [0.2, 0.25) is 0 Å². The highest BCUT2D eigenvalue weighted by Gasteiger charge is 2.30. The minimum Gasteiger partial charge on any atom is -0.457 e. The highest BCUT2D eigenvalue weighted by Crippen LogP contribution is 2.34. The smallest absolute Gasteiger partial charge is 0.266 e. The fourth-order valence-electron chi connectivity index (χ4n) is 2.81. The second-order valence-corrected chi connectivity index (χ2v) is 7.78. The molecular weight excluding hydrogens is 368 g/mol. The summed E-state index contributed by atoms with van der Waals surface area (Å²) in [6, 6.07) is 19.9. The predicted octanol–water partition coefficient (Wildman–Crippen LogP) is 5.80. The Kier molecular flexibility index (Phi) is 4.92. The van der Waals surface area contributed by atoms with Gasteiger partial charge in [-0.3, -0.25) is 9.69 Å². The Bertz CT molecular complexity index is 1080. The van der Waals surface area contributed by atoms with Crippen LogP contribution < -0.4 is 0 Å². The molecule has 0 atom stereocenters. The lowest BCUT2D eigenvalue weighted by atomic mass is 10.1. The maximum Gasteiger partial charge on any atom is 0.266 e. The molecule has 1 aliphatic heterocycles. The van der Waals surface area contributed by atoms with Gasteiger partial charge in [0.1, 0.15) is 11.5 Å². The summed E-state index contributed by atoms with van der Waals surface area (Å²) in [6.07, 6.45) is 1.78. The molecule has 5 heteroatoms. The summed E-state index contributed by atoms with van der Waals surface area (Å²) >= 11 is 1.36. The molecule has 1 fully saturated rings. The second-order valence-electron chi connectivity index (χ2n) is 6.77. The number of nitrogens with zero attached hydrogens (tertiary/aromatic N) is 2. The van der Waals surface area contributed by atoms with Crippen LogP contribution in [0.4, 0.5) is 5.69 Å². The molecule has 1 amide bonds. The van der Waals surface area contributed by atoms with Crippen molar-refractivity contribution in [3.63, 3.8) is 0 Å². The largest absolute Gasteiger partial charge is 0.457 e. The minimum atomic E-state index is -0.0795. The van der Waals surface area contributed by atoms with E-state index in [1.54, 1.807) is 18.0 Å². The second kappa shape index (κ2) is 7.52. The maximum absolute atomic E-state index is 12.6. The van der Waals surface area contributed by atoms with Gasteiger partial charge >= 0.3 is 0 Å². The molecule has 28 heavy (non-hydrogen) atoms. The van der Waals surface area contributed by atoms with Crippen molar-refractivity contribution in [1.29, 1.82) is 0 Å². The Hall–Kier alpha value is -3.05.